The summed E-state index contributed by atoms with van der Waals surface area (Å²) in [5, 5.41) is 1.58. The van der Waals surface area contributed by atoms with Gasteiger partial charge in [-0.3, -0.25) is 0 Å². The third-order valence-corrected chi connectivity index (χ3v) is 3.16. The zero-order chi connectivity index (χ0) is 18.1. The summed E-state index contributed by atoms with van der Waals surface area (Å²) in [5.41, 5.74) is 5.75. The van der Waals surface area contributed by atoms with Crippen LogP contribution < -0.4 is 11.6 Å². The first-order valence-corrected chi connectivity index (χ1v) is 7.81. The molecule has 23 heavy (non-hydrogen) atoms. The van der Waals surface area contributed by atoms with E-state index in [1.54, 1.807) is 11.2 Å². The van der Waals surface area contributed by atoms with Crippen molar-refractivity contribution < 1.29 is 14.3 Å². The van der Waals surface area contributed by atoms with Gasteiger partial charge in [-0.05, 0) is 48.2 Å². The largest absolute Gasteiger partial charge is 0.400 e. The number of hydrogen-bond acceptors (Lipinski definition) is 7. The van der Waals surface area contributed by atoms with Crippen LogP contribution in [0.1, 0.15) is 34.1 Å². The van der Waals surface area contributed by atoms with Crippen LogP contribution in [0, 0.1) is 0 Å². The van der Waals surface area contributed by atoms with Crippen molar-refractivity contribution >= 4 is 6.29 Å². The molecule has 0 bridgehead atoms. The van der Waals surface area contributed by atoms with Gasteiger partial charge in [-0.2, -0.15) is 0 Å². The van der Waals surface area contributed by atoms with Gasteiger partial charge in [0.15, 0.2) is 0 Å². The fraction of sp³-hybridized carbons (Fsp3) is 0.812. The Balaban J connectivity index is 4.28. The molecule has 7 heteroatoms. The van der Waals surface area contributed by atoms with Gasteiger partial charge < -0.3 is 29.9 Å². The molecule has 0 aromatic heterocycles. The lowest BCUT2D eigenvalue weighted by molar-refractivity contribution is -0.134. The first kappa shape index (κ1) is 21.9. The summed E-state index contributed by atoms with van der Waals surface area (Å²) in [4.78, 5) is 12.4. The molecule has 0 saturated carbocycles. The second-order valence-corrected chi connectivity index (χ2v) is 7.22. The van der Waals surface area contributed by atoms with Gasteiger partial charge in [0.25, 0.3) is 0 Å². The second-order valence-electron chi connectivity index (χ2n) is 7.22. The first-order valence-electron chi connectivity index (χ1n) is 7.81. The minimum absolute atomic E-state index is 0.0727. The number of carbonyl (C=O) groups is 1. The molecule has 0 heterocycles. The number of nitrogens with zero attached hydrogens (tertiary/aromatic N) is 2. The third kappa shape index (κ3) is 12.0. The van der Waals surface area contributed by atoms with E-state index in [9.17, 15) is 4.79 Å². The number of carbonyl (C=O) groups excluding carboxylic acids is 1. The Morgan fingerprint density at radius 1 is 1.13 bits per heavy atom. The maximum atomic E-state index is 10.4. The normalized spacial score (nSPS) is 13.5. The zero-order valence-corrected chi connectivity index (χ0v) is 15.5. The summed E-state index contributed by atoms with van der Waals surface area (Å²) < 4.78 is 11.4. The molecule has 0 atom stereocenters. The molecular formula is C16H34N4O3. The van der Waals surface area contributed by atoms with Crippen molar-refractivity contribution in [2.24, 2.45) is 11.6 Å². The second kappa shape index (κ2) is 9.87. The lowest BCUT2D eigenvalue weighted by atomic mass is 10.0. The summed E-state index contributed by atoms with van der Waals surface area (Å²) in [6.45, 7) is 9.55. The van der Waals surface area contributed by atoms with Gasteiger partial charge in [0.2, 0.25) is 0 Å². The zero-order valence-electron chi connectivity index (χ0n) is 15.5. The Bertz CT molecular complexity index is 382. The number of nitrogens with two attached hydrogens (primary N) is 2. The summed E-state index contributed by atoms with van der Waals surface area (Å²) in [5.74, 6) is 5.94. The van der Waals surface area contributed by atoms with Gasteiger partial charge in [-0.15, -0.1) is 0 Å². The Kier molecular flexibility index (Phi) is 9.38. The third-order valence-electron chi connectivity index (χ3n) is 3.16. The average molecular weight is 330 g/mol. The van der Waals surface area contributed by atoms with Gasteiger partial charge in [-0.25, -0.2) is 5.84 Å². The van der Waals surface area contributed by atoms with E-state index >= 15 is 0 Å². The van der Waals surface area contributed by atoms with Crippen molar-refractivity contribution in [1.29, 1.82) is 0 Å². The van der Waals surface area contributed by atoms with Crippen LogP contribution in [0.25, 0.3) is 0 Å². The molecule has 7 nitrogen and oxygen atoms in total. The molecule has 0 rings (SSSR count). The Morgan fingerprint density at radius 2 is 1.74 bits per heavy atom. The van der Waals surface area contributed by atoms with Gasteiger partial charge >= 0.3 is 0 Å². The highest BCUT2D eigenvalue weighted by molar-refractivity contribution is 5.50. The molecule has 0 aliphatic carbocycles. The van der Waals surface area contributed by atoms with Gasteiger partial charge in [0.05, 0.1) is 17.8 Å². The molecule has 136 valence electrons. The van der Waals surface area contributed by atoms with E-state index in [1.807, 2.05) is 46.7 Å². The van der Waals surface area contributed by atoms with Crippen LogP contribution in [-0.4, -0.2) is 67.8 Å². The summed E-state index contributed by atoms with van der Waals surface area (Å²) in [6, 6.07) is 0. The highest BCUT2D eigenvalue weighted by atomic mass is 16.6. The lowest BCUT2D eigenvalue weighted by Crippen LogP contribution is -2.39. The van der Waals surface area contributed by atoms with Crippen LogP contribution in [0.3, 0.4) is 0 Å². The first-order chi connectivity index (χ1) is 10.5. The molecule has 0 saturated heterocycles. The van der Waals surface area contributed by atoms with Crippen LogP contribution in [-0.2, 0) is 14.3 Å². The fourth-order valence-electron chi connectivity index (χ4n) is 1.82. The van der Waals surface area contributed by atoms with E-state index < -0.39 is 5.60 Å². The highest BCUT2D eigenvalue weighted by Crippen LogP contribution is 2.19. The molecular weight excluding hydrogens is 296 g/mol. The Morgan fingerprint density at radius 3 is 2.26 bits per heavy atom. The van der Waals surface area contributed by atoms with Crippen LogP contribution >= 0.6 is 0 Å². The monoisotopic (exact) mass is 330 g/mol. The van der Waals surface area contributed by atoms with Crippen molar-refractivity contribution in [2.45, 2.75) is 45.3 Å². The number of ether oxygens (including phenoxy) is 2. The van der Waals surface area contributed by atoms with Crippen LogP contribution in [0.5, 0.6) is 0 Å². The minimum atomic E-state index is -0.503. The van der Waals surface area contributed by atoms with E-state index in [1.165, 1.54) is 0 Å². The molecule has 0 aliphatic heterocycles. The van der Waals surface area contributed by atoms with E-state index in [-0.39, 0.29) is 12.2 Å². The Labute approximate surface area is 140 Å². The molecule has 0 fully saturated rings. The number of aldehydes is 1. The van der Waals surface area contributed by atoms with Crippen molar-refractivity contribution in [3.63, 3.8) is 0 Å². The molecule has 0 aliphatic rings. The predicted octanol–water partition coefficient (Wildman–Crippen LogP) is 0.703. The number of likely N-dealkylation sites (N-methyl/N-ethyl adjacent to an activating group) is 1. The van der Waals surface area contributed by atoms with Crippen LogP contribution in [0.2, 0.25) is 0 Å². The summed E-state index contributed by atoms with van der Waals surface area (Å²) >= 11 is 0. The molecule has 0 radical (unpaired) electrons. The maximum Gasteiger partial charge on any atom is 0.145 e. The predicted molar refractivity (Wildman–Crippen MR) is 92.5 cm³/mol. The molecule has 0 aromatic carbocycles. The van der Waals surface area contributed by atoms with Gasteiger partial charge in [0, 0.05) is 25.0 Å². The molecule has 4 N–H and O–H groups in total. The maximum absolute atomic E-state index is 10.4. The van der Waals surface area contributed by atoms with Crippen molar-refractivity contribution in [2.75, 3.05) is 40.4 Å². The van der Waals surface area contributed by atoms with Gasteiger partial charge in [0.1, 0.15) is 12.9 Å². The molecule has 0 amide bonds. The van der Waals surface area contributed by atoms with Crippen molar-refractivity contribution in [3.8, 4) is 0 Å². The van der Waals surface area contributed by atoms with E-state index in [0.717, 1.165) is 12.7 Å². The summed E-state index contributed by atoms with van der Waals surface area (Å²) in [7, 11) is 3.90. The minimum Gasteiger partial charge on any atom is -0.400 e. The van der Waals surface area contributed by atoms with Crippen molar-refractivity contribution in [3.05, 3.63) is 11.9 Å². The quantitative estimate of drug-likeness (QED) is 0.309. The Hall–Kier alpha value is -1.15. The van der Waals surface area contributed by atoms with Crippen molar-refractivity contribution in [1.82, 2.24) is 9.91 Å². The van der Waals surface area contributed by atoms with E-state index in [0.29, 0.717) is 25.4 Å². The highest BCUT2D eigenvalue weighted by Gasteiger charge is 2.25. The topological polar surface area (TPSA) is 94.1 Å². The number of hydrogen-bond donors (Lipinski definition) is 2. The van der Waals surface area contributed by atoms with Crippen LogP contribution in [0.15, 0.2) is 11.9 Å². The van der Waals surface area contributed by atoms with Crippen LogP contribution in [0.4, 0.5) is 0 Å². The fourth-order valence-corrected chi connectivity index (χ4v) is 1.82. The SMILES string of the molecule is CN(C)C/C(N)=C/N(N)CCC(C)(C)OCC(C)(C)OCC=O. The number of hydrazine groups is 1. The van der Waals surface area contributed by atoms with E-state index in [4.69, 9.17) is 21.1 Å². The standard InChI is InChI=1S/C16H34N4O3/c1-15(2,23-13-16(3,4)22-10-9-21)7-8-20(18)12-14(17)11-19(5)6/h9,12H,7-8,10-11,13,17-18H2,1-6H3/b14-12-. The molecule has 0 unspecified atom stereocenters. The molecule has 0 aromatic rings. The van der Waals surface area contributed by atoms with Gasteiger partial charge in [-0.1, -0.05) is 0 Å². The van der Waals surface area contributed by atoms with E-state index in [2.05, 4.69) is 0 Å². The average Bonchev–Trinajstić information content (AvgIpc) is 2.40. The lowest BCUT2D eigenvalue weighted by Gasteiger charge is -2.32. The smallest absolute Gasteiger partial charge is 0.145 e. The summed E-state index contributed by atoms with van der Waals surface area (Å²) in [6.07, 6.45) is 3.22. The molecule has 0 spiro atoms. The number of rotatable bonds is 12.